The molecule has 1 aliphatic carbocycles. The van der Waals surface area contributed by atoms with Gasteiger partial charge in [-0.05, 0) is 31.7 Å². The first-order chi connectivity index (χ1) is 11.7. The summed E-state index contributed by atoms with van der Waals surface area (Å²) in [6, 6.07) is 9.14. The summed E-state index contributed by atoms with van der Waals surface area (Å²) in [6.45, 7) is 1.93. The van der Waals surface area contributed by atoms with Crippen LogP contribution in [0.4, 0.5) is 8.78 Å². The Labute approximate surface area is 146 Å². The summed E-state index contributed by atoms with van der Waals surface area (Å²) in [4.78, 5) is 0.207. The molecule has 0 bridgehead atoms. The second-order valence-electron chi connectivity index (χ2n) is 6.78. The second-order valence-corrected chi connectivity index (χ2v) is 8.40. The van der Waals surface area contributed by atoms with Gasteiger partial charge in [-0.15, -0.1) is 0 Å². The number of allylic oxidation sites excluding steroid dienone is 1. The average Bonchev–Trinajstić information content (AvgIpc) is 3.02. The van der Waals surface area contributed by atoms with Crippen LogP contribution in [0.2, 0.25) is 0 Å². The Morgan fingerprint density at radius 3 is 2.52 bits per heavy atom. The number of sulfonamides is 1. The number of alkyl halides is 2. The molecule has 5 nitrogen and oxygen atoms in total. The van der Waals surface area contributed by atoms with Gasteiger partial charge in [0.2, 0.25) is 10.0 Å². The van der Waals surface area contributed by atoms with Crippen molar-refractivity contribution in [1.82, 2.24) is 5.01 Å². The Hall–Kier alpha value is -1.80. The number of hydrogen-bond acceptors (Lipinski definition) is 4. The van der Waals surface area contributed by atoms with Crippen molar-refractivity contribution < 1.29 is 17.2 Å². The Balaban J connectivity index is 1.93. The van der Waals surface area contributed by atoms with E-state index >= 15 is 0 Å². The van der Waals surface area contributed by atoms with Crippen molar-refractivity contribution in [2.75, 3.05) is 0 Å². The number of primary sulfonamides is 1. The standard InChI is InChI=1S/C17H21F2N3O2S/c1-17(9-7-13(8-10-17)25(20,23)24)22-15(11-14(21-22)16(18)19)12-5-3-2-4-6-12/h2-7,15-16H,8-11H2,1H3,(H2,20,23,24). The maximum absolute atomic E-state index is 13.2. The number of nitrogens with two attached hydrogens (primary N) is 1. The molecule has 1 heterocycles. The van der Waals surface area contributed by atoms with Crippen LogP contribution in [0.15, 0.2) is 46.4 Å². The highest BCUT2D eigenvalue weighted by molar-refractivity contribution is 7.93. The van der Waals surface area contributed by atoms with Crippen LogP contribution < -0.4 is 5.14 Å². The highest BCUT2D eigenvalue weighted by atomic mass is 32.2. The van der Waals surface area contributed by atoms with Crippen LogP contribution in [0.3, 0.4) is 0 Å². The van der Waals surface area contributed by atoms with Crippen molar-refractivity contribution in [2.24, 2.45) is 10.2 Å². The topological polar surface area (TPSA) is 75.8 Å². The highest BCUT2D eigenvalue weighted by Crippen LogP contribution is 2.43. The average molecular weight is 369 g/mol. The zero-order valence-electron chi connectivity index (χ0n) is 13.9. The van der Waals surface area contributed by atoms with Gasteiger partial charge in [-0.1, -0.05) is 36.4 Å². The van der Waals surface area contributed by atoms with E-state index in [1.54, 1.807) is 11.1 Å². The molecule has 3 rings (SSSR count). The van der Waals surface area contributed by atoms with E-state index in [0.29, 0.717) is 12.8 Å². The lowest BCUT2D eigenvalue weighted by Gasteiger charge is -2.43. The molecule has 2 aliphatic rings. The number of halogens is 2. The van der Waals surface area contributed by atoms with Crippen molar-refractivity contribution in [1.29, 1.82) is 0 Å². The molecule has 2 unspecified atom stereocenters. The molecule has 0 spiro atoms. The van der Waals surface area contributed by atoms with E-state index in [1.165, 1.54) is 0 Å². The molecule has 0 fully saturated rings. The van der Waals surface area contributed by atoms with Crippen LogP contribution in [-0.2, 0) is 10.0 Å². The first-order valence-corrected chi connectivity index (χ1v) is 9.67. The van der Waals surface area contributed by atoms with E-state index in [2.05, 4.69) is 5.10 Å². The summed E-state index contributed by atoms with van der Waals surface area (Å²) >= 11 is 0. The molecule has 0 radical (unpaired) electrons. The quantitative estimate of drug-likeness (QED) is 0.886. The van der Waals surface area contributed by atoms with Gasteiger partial charge in [-0.25, -0.2) is 22.3 Å². The highest BCUT2D eigenvalue weighted by Gasteiger charge is 2.43. The van der Waals surface area contributed by atoms with E-state index in [1.807, 2.05) is 37.3 Å². The normalized spacial score (nSPS) is 27.4. The number of rotatable bonds is 4. The second kappa shape index (κ2) is 6.49. The van der Waals surface area contributed by atoms with Gasteiger partial charge in [-0.3, -0.25) is 5.01 Å². The Morgan fingerprint density at radius 2 is 2.00 bits per heavy atom. The zero-order valence-corrected chi connectivity index (χ0v) is 14.7. The molecule has 1 aliphatic heterocycles. The van der Waals surface area contributed by atoms with Crippen molar-refractivity contribution in [3.8, 4) is 0 Å². The number of hydrogen-bond donors (Lipinski definition) is 1. The minimum Gasteiger partial charge on any atom is -0.283 e. The van der Waals surface area contributed by atoms with Crippen LogP contribution in [0.5, 0.6) is 0 Å². The summed E-state index contributed by atoms with van der Waals surface area (Å²) in [6.07, 6.45) is 0.326. The van der Waals surface area contributed by atoms with Gasteiger partial charge in [0.1, 0.15) is 5.71 Å². The molecule has 0 amide bonds. The third-order valence-corrected chi connectivity index (χ3v) is 6.07. The maximum atomic E-state index is 13.2. The Bertz CT molecular complexity index is 808. The minimum absolute atomic E-state index is 0.128. The van der Waals surface area contributed by atoms with E-state index in [-0.39, 0.29) is 29.5 Å². The Kier molecular flexibility index (Phi) is 4.68. The molecule has 0 saturated heterocycles. The first kappa shape index (κ1) is 18.0. The molecular weight excluding hydrogens is 348 g/mol. The van der Waals surface area contributed by atoms with Crippen molar-refractivity contribution >= 4 is 15.7 Å². The predicted molar refractivity (Wildman–Crippen MR) is 92.5 cm³/mol. The third kappa shape index (κ3) is 3.59. The Morgan fingerprint density at radius 1 is 1.32 bits per heavy atom. The molecule has 2 atom stereocenters. The van der Waals surface area contributed by atoms with Gasteiger partial charge in [0.15, 0.2) is 0 Å². The van der Waals surface area contributed by atoms with E-state index in [0.717, 1.165) is 5.56 Å². The monoisotopic (exact) mass is 369 g/mol. The fourth-order valence-corrected chi connectivity index (χ4v) is 4.20. The molecule has 1 aromatic carbocycles. The van der Waals surface area contributed by atoms with E-state index in [9.17, 15) is 17.2 Å². The number of benzene rings is 1. The largest absolute Gasteiger partial charge is 0.283 e. The van der Waals surface area contributed by atoms with Crippen molar-refractivity contribution in [3.05, 3.63) is 46.9 Å². The van der Waals surface area contributed by atoms with Gasteiger partial charge in [0.25, 0.3) is 6.43 Å². The summed E-state index contributed by atoms with van der Waals surface area (Å²) in [5, 5.41) is 11.2. The van der Waals surface area contributed by atoms with E-state index < -0.39 is 22.0 Å². The van der Waals surface area contributed by atoms with Gasteiger partial charge in [0.05, 0.1) is 16.5 Å². The number of nitrogens with zero attached hydrogens (tertiary/aromatic N) is 2. The van der Waals surface area contributed by atoms with Crippen LogP contribution in [0.1, 0.15) is 44.2 Å². The van der Waals surface area contributed by atoms with Crippen LogP contribution in [-0.4, -0.2) is 31.1 Å². The minimum atomic E-state index is -3.70. The van der Waals surface area contributed by atoms with Crippen molar-refractivity contribution in [3.63, 3.8) is 0 Å². The molecular formula is C17H21F2N3O2S. The molecule has 136 valence electrons. The van der Waals surface area contributed by atoms with Gasteiger partial charge in [-0.2, -0.15) is 5.10 Å². The summed E-state index contributed by atoms with van der Waals surface area (Å²) in [7, 11) is -3.70. The molecule has 0 saturated carbocycles. The molecule has 0 aromatic heterocycles. The molecule has 8 heteroatoms. The maximum Gasteiger partial charge on any atom is 0.278 e. The van der Waals surface area contributed by atoms with Crippen molar-refractivity contribution in [2.45, 2.75) is 50.6 Å². The van der Waals surface area contributed by atoms with Gasteiger partial charge < -0.3 is 0 Å². The fraction of sp³-hybridized carbons (Fsp3) is 0.471. The SMILES string of the molecule is CC1(N2N=C(C(F)F)CC2c2ccccc2)CC=C(S(N)(=O)=O)CC1. The third-order valence-electron chi connectivity index (χ3n) is 4.97. The lowest BCUT2D eigenvalue weighted by Crippen LogP contribution is -2.44. The lowest BCUT2D eigenvalue weighted by atomic mass is 9.85. The molecule has 25 heavy (non-hydrogen) atoms. The number of hydrazone groups is 1. The van der Waals surface area contributed by atoms with Crippen LogP contribution in [0, 0.1) is 0 Å². The molecule has 1 aromatic rings. The smallest absolute Gasteiger partial charge is 0.278 e. The summed E-state index contributed by atoms with van der Waals surface area (Å²) in [5.74, 6) is 0. The van der Waals surface area contributed by atoms with Crippen LogP contribution in [0.25, 0.3) is 0 Å². The predicted octanol–water partition coefficient (Wildman–Crippen LogP) is 3.17. The first-order valence-electron chi connectivity index (χ1n) is 8.12. The van der Waals surface area contributed by atoms with Crippen LogP contribution >= 0.6 is 0 Å². The van der Waals surface area contributed by atoms with Gasteiger partial charge in [0, 0.05) is 6.42 Å². The molecule has 2 N–H and O–H groups in total. The fourth-order valence-electron chi connectivity index (χ4n) is 3.49. The summed E-state index contributed by atoms with van der Waals surface area (Å²) < 4.78 is 49.5. The zero-order chi connectivity index (χ0) is 18.2. The van der Waals surface area contributed by atoms with E-state index in [4.69, 9.17) is 5.14 Å². The lowest BCUT2D eigenvalue weighted by molar-refractivity contribution is 0.0641. The summed E-state index contributed by atoms with van der Waals surface area (Å²) in [5.41, 5.74) is 0.256. The van der Waals surface area contributed by atoms with Gasteiger partial charge >= 0.3 is 0 Å².